The molecule has 0 radical (unpaired) electrons. The van der Waals surface area contributed by atoms with Gasteiger partial charge < -0.3 is 20.5 Å². The molecule has 182 valence electrons. The molecule has 0 saturated carbocycles. The number of ether oxygens (including phenoxy) is 1. The number of amides is 2. The number of benzene rings is 2. The van der Waals surface area contributed by atoms with Crippen molar-refractivity contribution < 1.29 is 33.0 Å². The number of alkyl halides is 2. The van der Waals surface area contributed by atoms with E-state index in [-0.39, 0.29) is 31.2 Å². The van der Waals surface area contributed by atoms with Crippen molar-refractivity contribution in [3.05, 3.63) is 75.7 Å². The fourth-order valence-electron chi connectivity index (χ4n) is 3.85. The van der Waals surface area contributed by atoms with Crippen LogP contribution in [0.15, 0.2) is 53.9 Å². The number of hydrogen-bond acceptors (Lipinski definition) is 6. The molecule has 8 nitrogen and oxygen atoms in total. The van der Waals surface area contributed by atoms with Gasteiger partial charge in [-0.1, -0.05) is 48.5 Å². The molecule has 1 aliphatic rings. The molecule has 2 amide bonds. The lowest BCUT2D eigenvalue weighted by molar-refractivity contribution is -0.144. The van der Waals surface area contributed by atoms with Gasteiger partial charge in [0, 0.05) is 24.3 Å². The third-order valence-corrected chi connectivity index (χ3v) is 6.43. The van der Waals surface area contributed by atoms with Gasteiger partial charge in [0.05, 0.1) is 11.6 Å². The molecule has 3 aromatic rings. The maximum absolute atomic E-state index is 14.2. The number of carboxylic acid groups (broad SMARTS) is 1. The molecule has 0 saturated heterocycles. The van der Waals surface area contributed by atoms with Gasteiger partial charge in [-0.05, 0) is 22.3 Å². The second-order valence-corrected chi connectivity index (χ2v) is 8.76. The maximum atomic E-state index is 14.2. The first-order chi connectivity index (χ1) is 16.8. The summed E-state index contributed by atoms with van der Waals surface area (Å²) in [4.78, 5) is 38.6. The second-order valence-electron chi connectivity index (χ2n) is 7.82. The zero-order valence-corrected chi connectivity index (χ0v) is 19.1. The lowest BCUT2D eigenvalue weighted by Crippen LogP contribution is -2.48. The Morgan fingerprint density at radius 3 is 2.26 bits per heavy atom. The summed E-state index contributed by atoms with van der Waals surface area (Å²) in [7, 11) is 0. The smallest absolute Gasteiger partial charge is 0.407 e. The van der Waals surface area contributed by atoms with E-state index in [1.165, 1.54) is 5.38 Å². The molecule has 1 aliphatic carbocycles. The molecule has 0 fully saturated rings. The molecule has 1 heterocycles. The first-order valence-corrected chi connectivity index (χ1v) is 11.6. The number of carbonyl (C=O) groups excluding carboxylic acids is 2. The summed E-state index contributed by atoms with van der Waals surface area (Å²) in [6.07, 6.45) is -0.956. The number of aromatic carboxylic acids is 1. The van der Waals surface area contributed by atoms with Crippen molar-refractivity contribution in [1.29, 1.82) is 0 Å². The number of carbonyl (C=O) groups is 3. The topological polar surface area (TPSA) is 118 Å². The minimum Gasteiger partial charge on any atom is -0.476 e. The van der Waals surface area contributed by atoms with Crippen LogP contribution < -0.4 is 10.6 Å². The van der Waals surface area contributed by atoms with Crippen LogP contribution in [0.1, 0.15) is 32.5 Å². The van der Waals surface area contributed by atoms with Crippen molar-refractivity contribution in [2.75, 3.05) is 19.7 Å². The first kappa shape index (κ1) is 24.3. The maximum Gasteiger partial charge on any atom is 0.407 e. The van der Waals surface area contributed by atoms with Crippen LogP contribution in [0.3, 0.4) is 0 Å². The standard InChI is InChI=1S/C24H21F2N3O5S/c25-24(26,22(32)27-10-9-20-29-19(12-35-20)21(30)31)13-28-23(33)34-11-18-16-7-3-1-5-14(16)15-6-2-4-8-17(15)18/h1-8,12,18H,9-11,13H2,(H,27,32)(H,28,33)(H,30,31). The molecule has 35 heavy (non-hydrogen) atoms. The highest BCUT2D eigenvalue weighted by Crippen LogP contribution is 2.44. The van der Waals surface area contributed by atoms with E-state index in [4.69, 9.17) is 9.84 Å². The molecule has 11 heteroatoms. The zero-order chi connectivity index (χ0) is 25.0. The van der Waals surface area contributed by atoms with Gasteiger partial charge >= 0.3 is 18.0 Å². The van der Waals surface area contributed by atoms with Gasteiger partial charge in [0.15, 0.2) is 5.69 Å². The summed E-state index contributed by atoms with van der Waals surface area (Å²) in [5.74, 6) is -6.83. The molecule has 0 unspecified atom stereocenters. The summed E-state index contributed by atoms with van der Waals surface area (Å²) < 4.78 is 33.6. The third kappa shape index (κ3) is 5.46. The molecule has 4 rings (SSSR count). The highest BCUT2D eigenvalue weighted by atomic mass is 32.1. The number of alkyl carbamates (subject to hydrolysis) is 1. The van der Waals surface area contributed by atoms with Crippen LogP contribution in [-0.2, 0) is 16.0 Å². The number of rotatable bonds is 9. The average molecular weight is 502 g/mol. The second kappa shape index (κ2) is 10.2. The number of fused-ring (bicyclic) bond motifs is 3. The van der Waals surface area contributed by atoms with Gasteiger partial charge in [0.25, 0.3) is 5.91 Å². The average Bonchev–Trinajstić information content (AvgIpc) is 3.45. The Bertz CT molecular complexity index is 1220. The minimum atomic E-state index is -3.86. The van der Waals surface area contributed by atoms with Gasteiger partial charge in [-0.2, -0.15) is 8.78 Å². The Morgan fingerprint density at radius 2 is 1.66 bits per heavy atom. The molecule has 1 aromatic heterocycles. The van der Waals surface area contributed by atoms with Gasteiger partial charge in [-0.3, -0.25) is 4.79 Å². The van der Waals surface area contributed by atoms with Crippen LogP contribution in [0, 0.1) is 0 Å². The van der Waals surface area contributed by atoms with E-state index in [9.17, 15) is 23.2 Å². The molecule has 0 atom stereocenters. The van der Waals surface area contributed by atoms with Crippen LogP contribution in [0.5, 0.6) is 0 Å². The Hall–Kier alpha value is -3.86. The Kier molecular flexibility index (Phi) is 7.06. The summed E-state index contributed by atoms with van der Waals surface area (Å²) in [5.41, 5.74) is 3.91. The Morgan fingerprint density at radius 1 is 1.03 bits per heavy atom. The summed E-state index contributed by atoms with van der Waals surface area (Å²) in [6, 6.07) is 15.4. The van der Waals surface area contributed by atoms with Crippen LogP contribution in [-0.4, -0.2) is 53.7 Å². The van der Waals surface area contributed by atoms with Crippen molar-refractivity contribution in [3.63, 3.8) is 0 Å². The molecule has 3 N–H and O–H groups in total. The molecular weight excluding hydrogens is 480 g/mol. The number of thiazole rings is 1. The van der Waals surface area contributed by atoms with Crippen molar-refractivity contribution in [2.24, 2.45) is 0 Å². The highest BCUT2D eigenvalue weighted by Gasteiger charge is 2.39. The summed E-state index contributed by atoms with van der Waals surface area (Å²) in [6.45, 7) is -1.42. The number of nitrogens with zero attached hydrogens (tertiary/aromatic N) is 1. The summed E-state index contributed by atoms with van der Waals surface area (Å²) in [5, 5.41) is 14.6. The number of halogens is 2. The quantitative estimate of drug-likeness (QED) is 0.412. The molecule has 0 bridgehead atoms. The lowest BCUT2D eigenvalue weighted by Gasteiger charge is -2.18. The number of nitrogens with one attached hydrogen (secondary N) is 2. The van der Waals surface area contributed by atoms with E-state index < -0.39 is 30.4 Å². The van der Waals surface area contributed by atoms with Gasteiger partial charge in [-0.15, -0.1) is 11.3 Å². The number of hydrogen-bond donors (Lipinski definition) is 3. The van der Waals surface area contributed by atoms with Crippen molar-refractivity contribution in [2.45, 2.75) is 18.3 Å². The van der Waals surface area contributed by atoms with Crippen LogP contribution >= 0.6 is 11.3 Å². The van der Waals surface area contributed by atoms with Gasteiger partial charge in [0.2, 0.25) is 0 Å². The van der Waals surface area contributed by atoms with E-state index in [2.05, 4.69) is 10.3 Å². The van der Waals surface area contributed by atoms with Gasteiger partial charge in [0.1, 0.15) is 6.61 Å². The Balaban J connectivity index is 1.25. The van der Waals surface area contributed by atoms with E-state index in [0.717, 1.165) is 33.6 Å². The molecule has 2 aromatic carbocycles. The van der Waals surface area contributed by atoms with Crippen molar-refractivity contribution in [1.82, 2.24) is 15.6 Å². The van der Waals surface area contributed by atoms with Crippen molar-refractivity contribution in [3.8, 4) is 11.1 Å². The van der Waals surface area contributed by atoms with E-state index >= 15 is 0 Å². The normalized spacial score (nSPS) is 12.5. The highest BCUT2D eigenvalue weighted by molar-refractivity contribution is 7.09. The minimum absolute atomic E-state index is 0.0379. The predicted molar refractivity (Wildman–Crippen MR) is 124 cm³/mol. The number of aromatic nitrogens is 1. The predicted octanol–water partition coefficient (Wildman–Crippen LogP) is 3.67. The SMILES string of the molecule is O=C(NCC(F)(F)C(=O)NCCc1nc(C(=O)O)cs1)OCC1c2ccccc2-c2ccccc21. The Labute approximate surface area is 203 Å². The molecule has 0 aliphatic heterocycles. The van der Waals surface area contributed by atoms with Crippen LogP contribution in [0.4, 0.5) is 13.6 Å². The fraction of sp³-hybridized carbons (Fsp3) is 0.250. The largest absolute Gasteiger partial charge is 0.476 e. The van der Waals surface area contributed by atoms with E-state index in [0.29, 0.717) is 5.01 Å². The lowest BCUT2D eigenvalue weighted by atomic mass is 9.98. The van der Waals surface area contributed by atoms with Crippen molar-refractivity contribution >= 4 is 29.3 Å². The first-order valence-electron chi connectivity index (χ1n) is 10.7. The number of carboxylic acids is 1. The summed E-state index contributed by atoms with van der Waals surface area (Å²) >= 11 is 1.05. The van der Waals surface area contributed by atoms with E-state index in [1.54, 1.807) is 0 Å². The zero-order valence-electron chi connectivity index (χ0n) is 18.3. The van der Waals surface area contributed by atoms with Crippen LogP contribution in [0.2, 0.25) is 0 Å². The third-order valence-electron chi connectivity index (χ3n) is 5.53. The van der Waals surface area contributed by atoms with Crippen LogP contribution in [0.25, 0.3) is 11.1 Å². The molecule has 0 spiro atoms. The molecular formula is C24H21F2N3O5S. The fourth-order valence-corrected chi connectivity index (χ4v) is 4.62. The monoisotopic (exact) mass is 501 g/mol. The van der Waals surface area contributed by atoms with Gasteiger partial charge in [-0.25, -0.2) is 14.6 Å². The van der Waals surface area contributed by atoms with E-state index in [1.807, 2.05) is 53.8 Å².